The summed E-state index contributed by atoms with van der Waals surface area (Å²) >= 11 is 12.1. The van der Waals surface area contributed by atoms with Crippen molar-refractivity contribution in [1.82, 2.24) is 0 Å². The van der Waals surface area contributed by atoms with E-state index >= 15 is 0 Å². The molecule has 23 heavy (non-hydrogen) atoms. The molecule has 1 aliphatic heterocycles. The fourth-order valence-corrected chi connectivity index (χ4v) is 3.42. The first kappa shape index (κ1) is 15.9. The Balaban J connectivity index is 2.19. The Morgan fingerprint density at radius 1 is 1.30 bits per heavy atom. The molecule has 0 radical (unpaired) electrons. The Bertz CT molecular complexity index is 805. The molecule has 1 aromatic rings. The lowest BCUT2D eigenvalue weighted by molar-refractivity contribution is -0.117. The molecule has 0 bridgehead atoms. The molecule has 0 amide bonds. The molecular weight excluding hydrogens is 335 g/mol. The van der Waals surface area contributed by atoms with Gasteiger partial charge in [0.05, 0.1) is 16.0 Å². The Labute approximate surface area is 144 Å². The van der Waals surface area contributed by atoms with Crippen molar-refractivity contribution in [2.45, 2.75) is 25.7 Å². The van der Waals surface area contributed by atoms with E-state index in [2.05, 4.69) is 6.07 Å². The van der Waals surface area contributed by atoms with Crippen molar-refractivity contribution in [1.29, 1.82) is 5.26 Å². The van der Waals surface area contributed by atoms with E-state index in [1.165, 1.54) is 0 Å². The zero-order chi connectivity index (χ0) is 16.7. The molecule has 2 N–H and O–H groups in total. The highest BCUT2D eigenvalue weighted by Crippen LogP contribution is 2.45. The Morgan fingerprint density at radius 3 is 2.70 bits per heavy atom. The zero-order valence-electron chi connectivity index (χ0n) is 12.4. The van der Waals surface area contributed by atoms with E-state index in [1.54, 1.807) is 18.2 Å². The van der Waals surface area contributed by atoms with Crippen molar-refractivity contribution in [3.63, 3.8) is 0 Å². The number of nitrogens with two attached hydrogens (primary N) is 1. The monoisotopic (exact) mass is 348 g/mol. The van der Waals surface area contributed by atoms with Gasteiger partial charge < -0.3 is 10.5 Å². The van der Waals surface area contributed by atoms with Gasteiger partial charge in [0.1, 0.15) is 17.4 Å². The van der Waals surface area contributed by atoms with Crippen molar-refractivity contribution in [3.8, 4) is 6.07 Å². The molecule has 0 spiro atoms. The summed E-state index contributed by atoms with van der Waals surface area (Å²) in [5.74, 6) is 0.214. The van der Waals surface area contributed by atoms with E-state index in [0.717, 1.165) is 0 Å². The highest BCUT2D eigenvalue weighted by molar-refractivity contribution is 6.42. The standard InChI is InChI=1S/C17H14Cl2N2O2/c1-8-4-13(22)16-14(5-8)23-17(21)10(7-20)15(16)9-2-3-11(18)12(19)6-9/h2-3,6,8,15H,4-5,21H2,1H3/t8-,15+/m1/s1. The minimum Gasteiger partial charge on any atom is -0.444 e. The van der Waals surface area contributed by atoms with E-state index < -0.39 is 5.92 Å². The van der Waals surface area contributed by atoms with Gasteiger partial charge in [0, 0.05) is 18.4 Å². The SMILES string of the molecule is C[C@@H]1CC(=O)C2=C(C1)OC(N)=C(C#N)[C@@H]2c1ccc(Cl)c(Cl)c1. The van der Waals surface area contributed by atoms with Crippen LogP contribution in [0.2, 0.25) is 10.0 Å². The fourth-order valence-electron chi connectivity index (χ4n) is 3.12. The number of hydrogen-bond acceptors (Lipinski definition) is 4. The van der Waals surface area contributed by atoms with Crippen LogP contribution in [0.4, 0.5) is 0 Å². The number of benzene rings is 1. The lowest BCUT2D eigenvalue weighted by Crippen LogP contribution is -2.29. The van der Waals surface area contributed by atoms with E-state index in [-0.39, 0.29) is 23.2 Å². The first-order valence-corrected chi connectivity index (χ1v) is 7.96. The number of hydrogen-bond donors (Lipinski definition) is 1. The molecule has 0 unspecified atom stereocenters. The molecule has 2 aliphatic rings. The Hall–Kier alpha value is -1.96. The summed E-state index contributed by atoms with van der Waals surface area (Å²) < 4.78 is 5.57. The number of allylic oxidation sites excluding steroid dienone is 3. The van der Waals surface area contributed by atoms with E-state index in [0.29, 0.717) is 39.8 Å². The van der Waals surface area contributed by atoms with Crippen LogP contribution in [0.25, 0.3) is 0 Å². The average molecular weight is 349 g/mol. The lowest BCUT2D eigenvalue weighted by Gasteiger charge is -2.33. The van der Waals surface area contributed by atoms with Crippen LogP contribution in [0.5, 0.6) is 0 Å². The van der Waals surface area contributed by atoms with Crippen molar-refractivity contribution in [2.75, 3.05) is 0 Å². The zero-order valence-corrected chi connectivity index (χ0v) is 13.9. The first-order chi connectivity index (χ1) is 10.9. The molecule has 3 rings (SSSR count). The summed E-state index contributed by atoms with van der Waals surface area (Å²) in [6.45, 7) is 1.99. The number of halogens is 2. The van der Waals surface area contributed by atoms with E-state index in [1.807, 2.05) is 6.92 Å². The highest BCUT2D eigenvalue weighted by atomic mass is 35.5. The summed E-state index contributed by atoms with van der Waals surface area (Å²) in [4.78, 5) is 12.6. The molecule has 0 saturated carbocycles. The van der Waals surface area contributed by atoms with Crippen molar-refractivity contribution < 1.29 is 9.53 Å². The summed E-state index contributed by atoms with van der Waals surface area (Å²) in [6.07, 6.45) is 1.05. The molecule has 1 aliphatic carbocycles. The van der Waals surface area contributed by atoms with Crippen LogP contribution in [0.1, 0.15) is 31.2 Å². The summed E-state index contributed by atoms with van der Waals surface area (Å²) in [6, 6.07) is 7.14. The second-order valence-corrected chi connectivity index (χ2v) is 6.69. The third-order valence-electron chi connectivity index (χ3n) is 4.14. The van der Waals surface area contributed by atoms with Crippen LogP contribution in [-0.2, 0) is 9.53 Å². The van der Waals surface area contributed by atoms with Crippen LogP contribution in [0.15, 0.2) is 41.0 Å². The van der Waals surface area contributed by atoms with Gasteiger partial charge >= 0.3 is 0 Å². The molecule has 4 nitrogen and oxygen atoms in total. The molecule has 0 saturated heterocycles. The number of carbonyl (C=O) groups excluding carboxylic acids is 1. The van der Waals surface area contributed by atoms with Gasteiger partial charge in [0.25, 0.3) is 0 Å². The van der Waals surface area contributed by atoms with Gasteiger partial charge in [0.15, 0.2) is 5.78 Å². The Morgan fingerprint density at radius 2 is 2.04 bits per heavy atom. The van der Waals surface area contributed by atoms with Gasteiger partial charge in [-0.1, -0.05) is 36.2 Å². The number of nitrogens with zero attached hydrogens (tertiary/aromatic N) is 1. The van der Waals surface area contributed by atoms with Gasteiger partial charge in [-0.15, -0.1) is 0 Å². The number of rotatable bonds is 1. The second-order valence-electron chi connectivity index (χ2n) is 5.87. The van der Waals surface area contributed by atoms with E-state index in [4.69, 9.17) is 33.7 Å². The predicted octanol–water partition coefficient (Wildman–Crippen LogP) is 4.05. The smallest absolute Gasteiger partial charge is 0.205 e. The maximum absolute atomic E-state index is 12.6. The maximum Gasteiger partial charge on any atom is 0.205 e. The number of Topliss-reactive ketones (excluding diaryl/α,β-unsaturated/α-hetero) is 1. The lowest BCUT2D eigenvalue weighted by atomic mass is 9.75. The number of carbonyl (C=O) groups is 1. The van der Waals surface area contributed by atoms with Gasteiger partial charge in [-0.2, -0.15) is 5.26 Å². The van der Waals surface area contributed by atoms with Crippen LogP contribution in [-0.4, -0.2) is 5.78 Å². The molecule has 1 heterocycles. The van der Waals surface area contributed by atoms with Crippen molar-refractivity contribution >= 4 is 29.0 Å². The molecular formula is C17H14Cl2N2O2. The highest BCUT2D eigenvalue weighted by Gasteiger charge is 2.39. The molecule has 0 aromatic heterocycles. The third-order valence-corrected chi connectivity index (χ3v) is 4.88. The van der Waals surface area contributed by atoms with Gasteiger partial charge in [-0.3, -0.25) is 4.79 Å². The second kappa shape index (κ2) is 5.92. The van der Waals surface area contributed by atoms with E-state index in [9.17, 15) is 10.1 Å². The molecule has 0 fully saturated rings. The Kier molecular flexibility index (Phi) is 4.09. The molecule has 118 valence electrons. The normalized spacial score (nSPS) is 24.2. The van der Waals surface area contributed by atoms with Crippen molar-refractivity contribution in [3.05, 3.63) is 56.6 Å². The fraction of sp³-hybridized carbons (Fsp3) is 0.294. The average Bonchev–Trinajstić information content (AvgIpc) is 2.48. The maximum atomic E-state index is 12.6. The minimum absolute atomic E-state index is 0.0185. The van der Waals surface area contributed by atoms with Crippen LogP contribution < -0.4 is 5.73 Å². The van der Waals surface area contributed by atoms with Gasteiger partial charge in [-0.25, -0.2) is 0 Å². The van der Waals surface area contributed by atoms with Crippen LogP contribution in [0.3, 0.4) is 0 Å². The number of ketones is 1. The summed E-state index contributed by atoms with van der Waals surface area (Å²) in [5, 5.41) is 10.3. The topological polar surface area (TPSA) is 76.1 Å². The quantitative estimate of drug-likeness (QED) is 0.830. The summed E-state index contributed by atoms with van der Waals surface area (Å²) in [5.41, 5.74) is 7.35. The molecule has 2 atom stereocenters. The van der Waals surface area contributed by atoms with Gasteiger partial charge in [-0.05, 0) is 23.6 Å². The third kappa shape index (κ3) is 2.71. The van der Waals surface area contributed by atoms with Gasteiger partial charge in [0.2, 0.25) is 5.88 Å². The largest absolute Gasteiger partial charge is 0.444 e. The first-order valence-electron chi connectivity index (χ1n) is 7.21. The van der Waals surface area contributed by atoms with Crippen molar-refractivity contribution in [2.24, 2.45) is 11.7 Å². The summed E-state index contributed by atoms with van der Waals surface area (Å²) in [7, 11) is 0. The van der Waals surface area contributed by atoms with Crippen LogP contribution in [0, 0.1) is 17.2 Å². The predicted molar refractivity (Wildman–Crippen MR) is 87.5 cm³/mol. The van der Waals surface area contributed by atoms with Crippen LogP contribution >= 0.6 is 23.2 Å². The number of nitriles is 1. The number of ether oxygens (including phenoxy) is 1. The minimum atomic E-state index is -0.557. The molecule has 6 heteroatoms. The molecule has 1 aromatic carbocycles.